The summed E-state index contributed by atoms with van der Waals surface area (Å²) in [4.78, 5) is 34.3. The monoisotopic (exact) mass is 698 g/mol. The summed E-state index contributed by atoms with van der Waals surface area (Å²) < 4.78 is 32.4. The Morgan fingerprint density at radius 2 is 0.822 bits per heavy atom. The minimum absolute atomic E-state index is 0.192. The Balaban J connectivity index is 4.65. The fourth-order valence-corrected chi connectivity index (χ4v) is 3.89. The van der Waals surface area contributed by atoms with E-state index in [1.807, 2.05) is 0 Å². The number of carbonyl (C=O) groups is 3. The summed E-state index contributed by atoms with van der Waals surface area (Å²) in [5.74, 6) is 0. The third-order valence-corrected chi connectivity index (χ3v) is 6.44. The van der Waals surface area contributed by atoms with Crippen LogP contribution >= 0.6 is 36.7 Å². The molecule has 18 heteroatoms. The van der Waals surface area contributed by atoms with Crippen LogP contribution in [0.1, 0.15) is 53.4 Å². The molecule has 0 unspecified atom stereocenters. The van der Waals surface area contributed by atoms with Gasteiger partial charge in [-0.2, -0.15) is 0 Å². The molecule has 6 N–H and O–H groups in total. The van der Waals surface area contributed by atoms with Crippen LogP contribution in [0.5, 0.6) is 0 Å². The van der Waals surface area contributed by atoms with Gasteiger partial charge in [-0.15, -0.1) is 0 Å². The zero-order valence-electron chi connectivity index (χ0n) is 26.7. The number of hydrogen-bond donors (Lipinski definition) is 6. The molecule has 0 radical (unpaired) electrons. The second-order valence-corrected chi connectivity index (χ2v) is 10.6. The van der Waals surface area contributed by atoms with Gasteiger partial charge in [-0.05, 0) is 83.1 Å². The van der Waals surface area contributed by atoms with E-state index in [2.05, 4.69) is 38.8 Å². The lowest BCUT2D eigenvalue weighted by Gasteiger charge is -2.32. The van der Waals surface area contributed by atoms with Gasteiger partial charge in [-0.1, -0.05) is 6.92 Å². The Hall–Kier alpha value is -2.64. The van der Waals surface area contributed by atoms with Crippen molar-refractivity contribution in [1.29, 1.82) is 0 Å². The minimum atomic E-state index is -0.599. The number of amides is 3. The molecular formula is C27H50N6O9S3. The number of thiocarbonyl (C=S) groups is 3. The zero-order valence-corrected chi connectivity index (χ0v) is 29.2. The maximum Gasteiger partial charge on any atom is 0.413 e. The summed E-state index contributed by atoms with van der Waals surface area (Å²) >= 11 is 15.2. The predicted octanol–water partition coefficient (Wildman–Crippen LogP) is 2.46. The van der Waals surface area contributed by atoms with E-state index in [0.717, 1.165) is 6.42 Å². The summed E-state index contributed by atoms with van der Waals surface area (Å²) in [6, 6.07) is 0. The van der Waals surface area contributed by atoms with Crippen molar-refractivity contribution >= 4 is 70.3 Å². The van der Waals surface area contributed by atoms with Crippen LogP contribution in [0.3, 0.4) is 0 Å². The molecule has 3 amide bonds. The zero-order chi connectivity index (χ0) is 33.8. The summed E-state index contributed by atoms with van der Waals surface area (Å²) in [6.45, 7) is 12.1. The molecular weight excluding hydrogens is 649 g/mol. The van der Waals surface area contributed by atoms with Gasteiger partial charge in [0.2, 0.25) is 0 Å². The van der Waals surface area contributed by atoms with E-state index < -0.39 is 23.7 Å². The summed E-state index contributed by atoms with van der Waals surface area (Å²) in [5, 5.41) is 16.7. The topological polar surface area (TPSA) is 179 Å². The molecule has 0 aromatic rings. The maximum absolute atomic E-state index is 11.4. The van der Waals surface area contributed by atoms with E-state index in [1.54, 1.807) is 20.8 Å². The third kappa shape index (κ3) is 24.3. The fraction of sp³-hybridized carbons (Fsp3) is 0.778. The first-order valence-corrected chi connectivity index (χ1v) is 16.2. The van der Waals surface area contributed by atoms with Gasteiger partial charge in [0, 0.05) is 44.9 Å². The molecule has 0 atom stereocenters. The molecule has 15 nitrogen and oxygen atoms in total. The SMILES string of the molecule is CCOC(=O)NC(=S)NCCCOCC(CC)(COCCCNC(=S)NC(=O)OCC)COCCCNC(=S)NC(=O)OCC. The molecule has 0 saturated carbocycles. The molecule has 45 heavy (non-hydrogen) atoms. The molecule has 0 aliphatic carbocycles. The molecule has 0 aromatic carbocycles. The molecule has 0 aliphatic rings. The van der Waals surface area contributed by atoms with Crippen molar-refractivity contribution in [3.8, 4) is 0 Å². The smallest absolute Gasteiger partial charge is 0.413 e. The van der Waals surface area contributed by atoms with Gasteiger partial charge in [-0.3, -0.25) is 16.0 Å². The number of ether oxygens (including phenoxy) is 6. The lowest BCUT2D eigenvalue weighted by Crippen LogP contribution is -2.41. The molecule has 0 spiro atoms. The van der Waals surface area contributed by atoms with Crippen molar-refractivity contribution in [2.45, 2.75) is 53.4 Å². The van der Waals surface area contributed by atoms with Gasteiger partial charge >= 0.3 is 18.3 Å². The van der Waals surface area contributed by atoms with Crippen molar-refractivity contribution in [1.82, 2.24) is 31.9 Å². The fourth-order valence-electron chi connectivity index (χ4n) is 3.34. The van der Waals surface area contributed by atoms with Crippen LogP contribution in [0.2, 0.25) is 0 Å². The Morgan fingerprint density at radius 1 is 0.533 bits per heavy atom. The summed E-state index contributed by atoms with van der Waals surface area (Å²) in [6.07, 6.45) is 0.915. The van der Waals surface area contributed by atoms with Crippen LogP contribution in [-0.4, -0.2) is 113 Å². The van der Waals surface area contributed by atoms with Crippen molar-refractivity contribution in [3.63, 3.8) is 0 Å². The van der Waals surface area contributed by atoms with Crippen molar-refractivity contribution in [3.05, 3.63) is 0 Å². The Bertz CT molecular complexity index is 795. The Kier molecular flexibility index (Phi) is 26.0. The van der Waals surface area contributed by atoms with Gasteiger partial charge in [0.05, 0.1) is 39.6 Å². The molecule has 0 aliphatic heterocycles. The highest BCUT2D eigenvalue weighted by Crippen LogP contribution is 2.24. The Morgan fingerprint density at radius 3 is 1.07 bits per heavy atom. The quantitative estimate of drug-likeness (QED) is 0.0552. The van der Waals surface area contributed by atoms with E-state index in [1.165, 1.54) is 0 Å². The first-order chi connectivity index (χ1) is 21.6. The van der Waals surface area contributed by atoms with E-state index in [-0.39, 0.29) is 35.2 Å². The molecule has 0 saturated heterocycles. The molecule has 0 heterocycles. The Labute approximate surface area is 282 Å². The average molecular weight is 699 g/mol. The molecule has 0 bridgehead atoms. The molecule has 0 fully saturated rings. The van der Waals surface area contributed by atoms with Crippen LogP contribution in [0, 0.1) is 5.41 Å². The van der Waals surface area contributed by atoms with Gasteiger partial charge in [0.15, 0.2) is 15.3 Å². The largest absolute Gasteiger partial charge is 0.450 e. The van der Waals surface area contributed by atoms with Crippen LogP contribution in [0.25, 0.3) is 0 Å². The lowest BCUT2D eigenvalue weighted by molar-refractivity contribution is -0.0719. The summed E-state index contributed by atoms with van der Waals surface area (Å²) in [5.41, 5.74) is -0.392. The second kappa shape index (κ2) is 27.7. The van der Waals surface area contributed by atoms with Crippen LogP contribution in [0.15, 0.2) is 0 Å². The van der Waals surface area contributed by atoms with Gasteiger partial charge in [-0.25, -0.2) is 14.4 Å². The highest BCUT2D eigenvalue weighted by molar-refractivity contribution is 7.80. The standard InChI is InChI=1S/C27H50N6O9S3/c1-5-27(18-37-15-9-12-28-21(43)31-24(34)40-6-2,19-38-16-10-13-29-22(44)32-25(35)41-7-3)20-39-17-11-14-30-23(45)33-26(36)42-8-4/h5-20H2,1-4H3,(H2,28,31,34,43)(H2,29,32,35,44)(H2,30,33,36,45). The number of hydrogen-bond acceptors (Lipinski definition) is 12. The van der Waals surface area contributed by atoms with Crippen molar-refractivity contribution in [2.75, 3.05) is 79.1 Å². The van der Waals surface area contributed by atoms with Gasteiger partial charge in [0.25, 0.3) is 0 Å². The van der Waals surface area contributed by atoms with Crippen molar-refractivity contribution < 1.29 is 42.8 Å². The average Bonchev–Trinajstić information content (AvgIpc) is 2.98. The lowest BCUT2D eigenvalue weighted by atomic mass is 9.88. The van der Waals surface area contributed by atoms with E-state index >= 15 is 0 Å². The van der Waals surface area contributed by atoms with E-state index in [9.17, 15) is 14.4 Å². The van der Waals surface area contributed by atoms with Gasteiger partial charge < -0.3 is 44.4 Å². The maximum atomic E-state index is 11.4. The molecule has 0 aromatic heterocycles. The molecule has 260 valence electrons. The van der Waals surface area contributed by atoms with Crippen LogP contribution in [-0.2, 0) is 28.4 Å². The first kappa shape index (κ1) is 42.4. The number of rotatable bonds is 22. The number of carbonyl (C=O) groups excluding carboxylic acids is 3. The van der Waals surface area contributed by atoms with Gasteiger partial charge in [0.1, 0.15) is 0 Å². The predicted molar refractivity (Wildman–Crippen MR) is 181 cm³/mol. The second-order valence-electron chi connectivity index (χ2n) is 9.38. The van der Waals surface area contributed by atoms with Crippen molar-refractivity contribution in [2.24, 2.45) is 5.41 Å². The number of alkyl carbamates (subject to hydrolysis) is 3. The normalized spacial score (nSPS) is 10.7. The minimum Gasteiger partial charge on any atom is -0.450 e. The van der Waals surface area contributed by atoms with Crippen LogP contribution in [0.4, 0.5) is 14.4 Å². The van der Waals surface area contributed by atoms with Crippen LogP contribution < -0.4 is 31.9 Å². The van der Waals surface area contributed by atoms with E-state index in [4.69, 9.17) is 65.1 Å². The van der Waals surface area contributed by atoms with E-state index in [0.29, 0.717) is 78.5 Å². The highest BCUT2D eigenvalue weighted by Gasteiger charge is 2.30. The summed E-state index contributed by atoms with van der Waals surface area (Å²) in [7, 11) is 0. The third-order valence-electron chi connectivity index (χ3n) is 5.70. The molecule has 0 rings (SSSR count). The number of nitrogens with one attached hydrogen (secondary N) is 6. The highest BCUT2D eigenvalue weighted by atomic mass is 32.1. The first-order valence-electron chi connectivity index (χ1n) is 15.0.